The standard InChI is InChI=1S/C16H22O4/c1-3-19-16(18)5-4-12-20-15-10-8-14(9-11-15)7-6-13(2)17/h8-11H,3-7,12H2,1-2H3. The predicted molar refractivity (Wildman–Crippen MR) is 76.8 cm³/mol. The number of rotatable bonds is 9. The fraction of sp³-hybridized carbons (Fsp3) is 0.500. The van der Waals surface area contributed by atoms with Gasteiger partial charge in [0.2, 0.25) is 0 Å². The first-order valence-corrected chi connectivity index (χ1v) is 6.98. The van der Waals surface area contributed by atoms with Crippen LogP contribution in [0, 0.1) is 0 Å². The van der Waals surface area contributed by atoms with E-state index >= 15 is 0 Å². The molecule has 4 heteroatoms. The largest absolute Gasteiger partial charge is 0.494 e. The lowest BCUT2D eigenvalue weighted by Crippen LogP contribution is -2.06. The van der Waals surface area contributed by atoms with E-state index in [-0.39, 0.29) is 11.8 Å². The van der Waals surface area contributed by atoms with Gasteiger partial charge in [-0.1, -0.05) is 12.1 Å². The van der Waals surface area contributed by atoms with E-state index in [1.54, 1.807) is 13.8 Å². The lowest BCUT2D eigenvalue weighted by Gasteiger charge is -2.07. The Bertz CT molecular complexity index is 423. The van der Waals surface area contributed by atoms with Crippen LogP contribution >= 0.6 is 0 Å². The van der Waals surface area contributed by atoms with Gasteiger partial charge in [0.1, 0.15) is 11.5 Å². The molecule has 0 amide bonds. The molecule has 1 rings (SSSR count). The molecule has 0 aromatic heterocycles. The van der Waals surface area contributed by atoms with Gasteiger partial charge in [0, 0.05) is 12.8 Å². The molecule has 20 heavy (non-hydrogen) atoms. The molecule has 110 valence electrons. The maximum absolute atomic E-state index is 11.1. The summed E-state index contributed by atoms with van der Waals surface area (Å²) in [7, 11) is 0. The summed E-state index contributed by atoms with van der Waals surface area (Å²) in [6, 6.07) is 7.70. The van der Waals surface area contributed by atoms with Gasteiger partial charge in [-0.2, -0.15) is 0 Å². The van der Waals surface area contributed by atoms with E-state index in [1.165, 1.54) is 0 Å². The molecule has 0 bridgehead atoms. The summed E-state index contributed by atoms with van der Waals surface area (Å²) < 4.78 is 10.4. The maximum atomic E-state index is 11.1. The summed E-state index contributed by atoms with van der Waals surface area (Å²) in [6.07, 6.45) is 2.35. The van der Waals surface area contributed by atoms with Gasteiger partial charge in [0.25, 0.3) is 0 Å². The molecule has 1 aromatic rings. The van der Waals surface area contributed by atoms with Crippen LogP contribution in [0.4, 0.5) is 0 Å². The Morgan fingerprint density at radius 1 is 1.10 bits per heavy atom. The van der Waals surface area contributed by atoms with E-state index in [2.05, 4.69) is 0 Å². The lowest BCUT2D eigenvalue weighted by atomic mass is 10.1. The third-order valence-electron chi connectivity index (χ3n) is 2.79. The monoisotopic (exact) mass is 278 g/mol. The number of carbonyl (C=O) groups excluding carboxylic acids is 2. The van der Waals surface area contributed by atoms with Crippen LogP contribution in [-0.4, -0.2) is 25.0 Å². The van der Waals surface area contributed by atoms with Gasteiger partial charge in [0.05, 0.1) is 13.2 Å². The number of hydrogen-bond donors (Lipinski definition) is 0. The quantitative estimate of drug-likeness (QED) is 0.515. The van der Waals surface area contributed by atoms with Crippen molar-refractivity contribution >= 4 is 11.8 Å². The number of hydrogen-bond acceptors (Lipinski definition) is 4. The Morgan fingerprint density at radius 2 is 1.80 bits per heavy atom. The van der Waals surface area contributed by atoms with Crippen molar-refractivity contribution in [2.75, 3.05) is 13.2 Å². The molecule has 0 fully saturated rings. The third-order valence-corrected chi connectivity index (χ3v) is 2.79. The van der Waals surface area contributed by atoms with Crippen LogP contribution in [-0.2, 0) is 20.7 Å². The molecule has 0 saturated heterocycles. The summed E-state index contributed by atoms with van der Waals surface area (Å²) >= 11 is 0. The molecular weight excluding hydrogens is 256 g/mol. The van der Waals surface area contributed by atoms with Crippen LogP contribution in [0.2, 0.25) is 0 Å². The van der Waals surface area contributed by atoms with Gasteiger partial charge in [0.15, 0.2) is 0 Å². The van der Waals surface area contributed by atoms with Crippen molar-refractivity contribution in [2.45, 2.75) is 39.5 Å². The minimum Gasteiger partial charge on any atom is -0.494 e. The highest BCUT2D eigenvalue weighted by atomic mass is 16.5. The third kappa shape index (κ3) is 6.92. The molecule has 0 aliphatic carbocycles. The zero-order valence-electron chi connectivity index (χ0n) is 12.2. The molecule has 0 aliphatic heterocycles. The van der Waals surface area contributed by atoms with E-state index in [4.69, 9.17) is 9.47 Å². The smallest absolute Gasteiger partial charge is 0.305 e. The average Bonchev–Trinajstić information content (AvgIpc) is 2.43. The number of esters is 1. The number of aryl methyl sites for hydroxylation is 1. The van der Waals surface area contributed by atoms with Crippen LogP contribution in [0.15, 0.2) is 24.3 Å². The van der Waals surface area contributed by atoms with Gasteiger partial charge in [-0.05, 0) is 44.4 Å². The van der Waals surface area contributed by atoms with E-state index in [9.17, 15) is 9.59 Å². The van der Waals surface area contributed by atoms with Crippen molar-refractivity contribution < 1.29 is 19.1 Å². The fourth-order valence-electron chi connectivity index (χ4n) is 1.71. The van der Waals surface area contributed by atoms with Crippen molar-refractivity contribution in [2.24, 2.45) is 0 Å². The fourth-order valence-corrected chi connectivity index (χ4v) is 1.71. The van der Waals surface area contributed by atoms with E-state index in [0.717, 1.165) is 17.7 Å². The number of ether oxygens (including phenoxy) is 2. The molecular formula is C16H22O4. The highest BCUT2D eigenvalue weighted by Gasteiger charge is 2.02. The van der Waals surface area contributed by atoms with Gasteiger partial charge in [-0.15, -0.1) is 0 Å². The predicted octanol–water partition coefficient (Wildman–Crippen LogP) is 2.93. The lowest BCUT2D eigenvalue weighted by molar-refractivity contribution is -0.143. The second-order valence-corrected chi connectivity index (χ2v) is 4.60. The molecule has 0 N–H and O–H groups in total. The molecule has 4 nitrogen and oxygen atoms in total. The van der Waals surface area contributed by atoms with Crippen molar-refractivity contribution in [1.82, 2.24) is 0 Å². The van der Waals surface area contributed by atoms with Crippen LogP contribution in [0.25, 0.3) is 0 Å². The van der Waals surface area contributed by atoms with Gasteiger partial charge >= 0.3 is 5.97 Å². The Kier molecular flexibility index (Phi) is 7.40. The summed E-state index contributed by atoms with van der Waals surface area (Å²) in [5, 5.41) is 0. The summed E-state index contributed by atoms with van der Waals surface area (Å²) in [5.74, 6) is 0.792. The van der Waals surface area contributed by atoms with Crippen molar-refractivity contribution in [3.63, 3.8) is 0 Å². The first-order valence-electron chi connectivity index (χ1n) is 6.98. The van der Waals surface area contributed by atoms with E-state index in [0.29, 0.717) is 32.5 Å². The molecule has 0 spiro atoms. The molecule has 0 atom stereocenters. The van der Waals surface area contributed by atoms with Crippen molar-refractivity contribution in [1.29, 1.82) is 0 Å². The highest BCUT2D eigenvalue weighted by molar-refractivity contribution is 5.75. The second kappa shape index (κ2) is 9.13. The SMILES string of the molecule is CCOC(=O)CCCOc1ccc(CCC(C)=O)cc1. The zero-order valence-corrected chi connectivity index (χ0v) is 12.2. The van der Waals surface area contributed by atoms with E-state index < -0.39 is 0 Å². The normalized spacial score (nSPS) is 10.1. The van der Waals surface area contributed by atoms with Gasteiger partial charge < -0.3 is 14.3 Å². The summed E-state index contributed by atoms with van der Waals surface area (Å²) in [6.45, 7) is 4.30. The van der Waals surface area contributed by atoms with Crippen molar-refractivity contribution in [3.05, 3.63) is 29.8 Å². The second-order valence-electron chi connectivity index (χ2n) is 4.60. The highest BCUT2D eigenvalue weighted by Crippen LogP contribution is 2.14. The molecule has 0 radical (unpaired) electrons. The molecule has 0 heterocycles. The van der Waals surface area contributed by atoms with Gasteiger partial charge in [-0.3, -0.25) is 4.79 Å². The zero-order chi connectivity index (χ0) is 14.8. The number of ketones is 1. The van der Waals surface area contributed by atoms with Crippen LogP contribution in [0.3, 0.4) is 0 Å². The van der Waals surface area contributed by atoms with Crippen LogP contribution < -0.4 is 4.74 Å². The Labute approximate surface area is 120 Å². The Hall–Kier alpha value is -1.84. The summed E-state index contributed by atoms with van der Waals surface area (Å²) in [5.41, 5.74) is 1.12. The number of benzene rings is 1. The maximum Gasteiger partial charge on any atom is 0.305 e. The Morgan fingerprint density at radius 3 is 2.40 bits per heavy atom. The van der Waals surface area contributed by atoms with Crippen LogP contribution in [0.1, 0.15) is 38.7 Å². The minimum absolute atomic E-state index is 0.185. The summed E-state index contributed by atoms with van der Waals surface area (Å²) in [4.78, 5) is 22.0. The molecule has 0 saturated carbocycles. The van der Waals surface area contributed by atoms with E-state index in [1.807, 2.05) is 24.3 Å². The average molecular weight is 278 g/mol. The number of Topliss-reactive ketones (excluding diaryl/α,β-unsaturated/α-hetero) is 1. The Balaban J connectivity index is 2.24. The molecule has 0 aliphatic rings. The van der Waals surface area contributed by atoms with Gasteiger partial charge in [-0.25, -0.2) is 0 Å². The first-order chi connectivity index (χ1) is 9.61. The topological polar surface area (TPSA) is 52.6 Å². The molecule has 0 unspecified atom stereocenters. The van der Waals surface area contributed by atoms with Crippen molar-refractivity contribution in [3.8, 4) is 5.75 Å². The number of carbonyl (C=O) groups is 2. The molecule has 1 aromatic carbocycles. The minimum atomic E-state index is -0.185. The van der Waals surface area contributed by atoms with Crippen LogP contribution in [0.5, 0.6) is 5.75 Å². The first kappa shape index (κ1) is 16.2.